The first kappa shape index (κ1) is 11.2. The lowest BCUT2D eigenvalue weighted by molar-refractivity contribution is -0.118. The van der Waals surface area contributed by atoms with Gasteiger partial charge in [0, 0.05) is 13.2 Å². The molecule has 0 saturated carbocycles. The molecule has 70 valence electrons. The van der Waals surface area contributed by atoms with Gasteiger partial charge < -0.3 is 10.1 Å². The van der Waals surface area contributed by atoms with E-state index in [0.717, 1.165) is 0 Å². The van der Waals surface area contributed by atoms with E-state index in [1.54, 1.807) is 0 Å². The SMILES string of the molecule is C=CC(=O)NCC(C)(C)OCC. The number of hydrogen-bond acceptors (Lipinski definition) is 2. The van der Waals surface area contributed by atoms with Crippen LogP contribution < -0.4 is 5.32 Å². The summed E-state index contributed by atoms with van der Waals surface area (Å²) in [6.45, 7) is 10.3. The zero-order valence-electron chi connectivity index (χ0n) is 8.02. The van der Waals surface area contributed by atoms with Crippen LogP contribution in [0, 0.1) is 0 Å². The van der Waals surface area contributed by atoms with Gasteiger partial charge in [0.05, 0.1) is 5.60 Å². The van der Waals surface area contributed by atoms with E-state index >= 15 is 0 Å². The van der Waals surface area contributed by atoms with Crippen LogP contribution in [0.2, 0.25) is 0 Å². The highest BCUT2D eigenvalue weighted by molar-refractivity contribution is 5.86. The predicted octanol–water partition coefficient (Wildman–Crippen LogP) is 1.10. The van der Waals surface area contributed by atoms with Crippen LogP contribution in [-0.2, 0) is 9.53 Å². The zero-order valence-corrected chi connectivity index (χ0v) is 8.02. The normalized spacial score (nSPS) is 10.9. The Labute approximate surface area is 73.8 Å². The fourth-order valence-corrected chi connectivity index (χ4v) is 0.814. The lowest BCUT2D eigenvalue weighted by atomic mass is 10.1. The summed E-state index contributed by atoms with van der Waals surface area (Å²) in [6, 6.07) is 0. The molecular formula is C9H17NO2. The van der Waals surface area contributed by atoms with Gasteiger partial charge in [-0.1, -0.05) is 6.58 Å². The van der Waals surface area contributed by atoms with Crippen LogP contribution in [0.5, 0.6) is 0 Å². The molecule has 1 N–H and O–H groups in total. The van der Waals surface area contributed by atoms with E-state index in [1.165, 1.54) is 6.08 Å². The van der Waals surface area contributed by atoms with Crippen molar-refractivity contribution in [2.75, 3.05) is 13.2 Å². The molecule has 0 aliphatic heterocycles. The molecule has 0 fully saturated rings. The Bertz CT molecular complexity index is 164. The molecule has 3 heteroatoms. The summed E-state index contributed by atoms with van der Waals surface area (Å²) in [6.07, 6.45) is 1.25. The molecule has 12 heavy (non-hydrogen) atoms. The number of carbonyl (C=O) groups excluding carboxylic acids is 1. The van der Waals surface area contributed by atoms with Crippen LogP contribution in [0.1, 0.15) is 20.8 Å². The highest BCUT2D eigenvalue weighted by atomic mass is 16.5. The second-order valence-corrected chi connectivity index (χ2v) is 3.11. The summed E-state index contributed by atoms with van der Waals surface area (Å²) >= 11 is 0. The van der Waals surface area contributed by atoms with Gasteiger partial charge in [0.15, 0.2) is 0 Å². The lowest BCUT2D eigenvalue weighted by Crippen LogP contribution is -2.39. The summed E-state index contributed by atoms with van der Waals surface area (Å²) in [5, 5.41) is 2.68. The van der Waals surface area contributed by atoms with E-state index in [0.29, 0.717) is 13.2 Å². The van der Waals surface area contributed by atoms with E-state index in [4.69, 9.17) is 4.74 Å². The minimum absolute atomic E-state index is 0.164. The molecule has 0 heterocycles. The minimum Gasteiger partial charge on any atom is -0.374 e. The molecule has 0 spiro atoms. The topological polar surface area (TPSA) is 38.3 Å². The summed E-state index contributed by atoms with van der Waals surface area (Å²) in [4.78, 5) is 10.8. The predicted molar refractivity (Wildman–Crippen MR) is 48.9 cm³/mol. The Hall–Kier alpha value is -0.830. The van der Waals surface area contributed by atoms with E-state index in [1.807, 2.05) is 20.8 Å². The van der Waals surface area contributed by atoms with Gasteiger partial charge in [-0.2, -0.15) is 0 Å². The molecule has 0 radical (unpaired) electrons. The molecule has 0 aromatic rings. The first-order chi connectivity index (χ1) is 5.52. The van der Waals surface area contributed by atoms with E-state index in [2.05, 4.69) is 11.9 Å². The largest absolute Gasteiger partial charge is 0.374 e. The summed E-state index contributed by atoms with van der Waals surface area (Å²) < 4.78 is 5.38. The van der Waals surface area contributed by atoms with Crippen LogP contribution in [0.4, 0.5) is 0 Å². The summed E-state index contributed by atoms with van der Waals surface area (Å²) in [7, 11) is 0. The van der Waals surface area contributed by atoms with Crippen molar-refractivity contribution in [1.29, 1.82) is 0 Å². The van der Waals surface area contributed by atoms with Crippen LogP contribution in [-0.4, -0.2) is 24.7 Å². The van der Waals surface area contributed by atoms with Gasteiger partial charge in [-0.3, -0.25) is 4.79 Å². The van der Waals surface area contributed by atoms with Crippen molar-refractivity contribution >= 4 is 5.91 Å². The molecule has 0 aliphatic rings. The Kier molecular flexibility index (Phi) is 4.59. The molecule has 0 aromatic carbocycles. The zero-order chi connectivity index (χ0) is 9.61. The van der Waals surface area contributed by atoms with Crippen molar-refractivity contribution in [2.45, 2.75) is 26.4 Å². The molecule has 0 saturated heterocycles. The Morgan fingerprint density at radius 1 is 1.67 bits per heavy atom. The lowest BCUT2D eigenvalue weighted by Gasteiger charge is -2.24. The number of carbonyl (C=O) groups is 1. The van der Waals surface area contributed by atoms with E-state index < -0.39 is 0 Å². The monoisotopic (exact) mass is 171 g/mol. The molecule has 0 aromatic heterocycles. The van der Waals surface area contributed by atoms with Crippen molar-refractivity contribution in [3.8, 4) is 0 Å². The molecular weight excluding hydrogens is 154 g/mol. The van der Waals surface area contributed by atoms with Crippen LogP contribution >= 0.6 is 0 Å². The molecule has 0 aliphatic carbocycles. The average molecular weight is 171 g/mol. The van der Waals surface area contributed by atoms with Gasteiger partial charge >= 0.3 is 0 Å². The van der Waals surface area contributed by atoms with Gasteiger partial charge in [-0.05, 0) is 26.8 Å². The number of amides is 1. The second-order valence-electron chi connectivity index (χ2n) is 3.11. The van der Waals surface area contributed by atoms with Crippen LogP contribution in [0.15, 0.2) is 12.7 Å². The maximum absolute atomic E-state index is 10.8. The summed E-state index contributed by atoms with van der Waals surface area (Å²) in [5.74, 6) is -0.164. The highest BCUT2D eigenvalue weighted by Gasteiger charge is 2.17. The number of nitrogens with one attached hydrogen (secondary N) is 1. The first-order valence-corrected chi connectivity index (χ1v) is 4.06. The molecule has 0 rings (SSSR count). The molecule has 0 bridgehead atoms. The first-order valence-electron chi connectivity index (χ1n) is 4.06. The van der Waals surface area contributed by atoms with Crippen molar-refractivity contribution in [3.63, 3.8) is 0 Å². The van der Waals surface area contributed by atoms with Gasteiger partial charge in [-0.15, -0.1) is 0 Å². The smallest absolute Gasteiger partial charge is 0.243 e. The van der Waals surface area contributed by atoms with Gasteiger partial charge in [0.2, 0.25) is 5.91 Å². The Balaban J connectivity index is 3.74. The van der Waals surface area contributed by atoms with Crippen molar-refractivity contribution < 1.29 is 9.53 Å². The van der Waals surface area contributed by atoms with Crippen LogP contribution in [0.3, 0.4) is 0 Å². The molecule has 0 atom stereocenters. The molecule has 3 nitrogen and oxygen atoms in total. The van der Waals surface area contributed by atoms with Gasteiger partial charge in [0.1, 0.15) is 0 Å². The third-order valence-electron chi connectivity index (χ3n) is 1.41. The molecule has 1 amide bonds. The number of rotatable bonds is 5. The quantitative estimate of drug-likeness (QED) is 0.629. The van der Waals surface area contributed by atoms with Gasteiger partial charge in [0.25, 0.3) is 0 Å². The fraction of sp³-hybridized carbons (Fsp3) is 0.667. The maximum Gasteiger partial charge on any atom is 0.243 e. The van der Waals surface area contributed by atoms with E-state index in [9.17, 15) is 4.79 Å². The van der Waals surface area contributed by atoms with Gasteiger partial charge in [-0.25, -0.2) is 0 Å². The maximum atomic E-state index is 10.8. The average Bonchev–Trinajstić information content (AvgIpc) is 2.00. The molecule has 0 unspecified atom stereocenters. The van der Waals surface area contributed by atoms with E-state index in [-0.39, 0.29) is 11.5 Å². The Morgan fingerprint density at radius 2 is 2.25 bits per heavy atom. The Morgan fingerprint density at radius 3 is 2.67 bits per heavy atom. The third kappa shape index (κ3) is 4.91. The van der Waals surface area contributed by atoms with Crippen molar-refractivity contribution in [3.05, 3.63) is 12.7 Å². The van der Waals surface area contributed by atoms with Crippen LogP contribution in [0.25, 0.3) is 0 Å². The third-order valence-corrected chi connectivity index (χ3v) is 1.41. The number of ether oxygens (including phenoxy) is 1. The fourth-order valence-electron chi connectivity index (χ4n) is 0.814. The summed E-state index contributed by atoms with van der Waals surface area (Å²) in [5.41, 5.74) is -0.298. The standard InChI is InChI=1S/C9H17NO2/c1-5-8(11)10-7-9(3,4)12-6-2/h5H,1,6-7H2,2-4H3,(H,10,11). The minimum atomic E-state index is -0.298. The number of hydrogen-bond donors (Lipinski definition) is 1. The van der Waals surface area contributed by atoms with Crippen molar-refractivity contribution in [1.82, 2.24) is 5.32 Å². The van der Waals surface area contributed by atoms with Crippen molar-refractivity contribution in [2.24, 2.45) is 0 Å². The highest BCUT2D eigenvalue weighted by Crippen LogP contribution is 2.06. The second kappa shape index (κ2) is 4.93.